The van der Waals surface area contributed by atoms with Gasteiger partial charge in [0.15, 0.2) is 0 Å². The number of hydrogen-bond acceptors (Lipinski definition) is 2. The molecule has 1 aliphatic heterocycles. The average molecular weight is 437 g/mol. The zero-order valence-corrected chi connectivity index (χ0v) is 19.6. The van der Waals surface area contributed by atoms with Crippen molar-refractivity contribution in [2.24, 2.45) is 5.92 Å². The Labute approximate surface area is 196 Å². The molecule has 1 aromatic heterocycles. The first-order valence-corrected chi connectivity index (χ1v) is 12.2. The van der Waals surface area contributed by atoms with E-state index in [1.165, 1.54) is 39.7 Å². The predicted molar refractivity (Wildman–Crippen MR) is 135 cm³/mol. The smallest absolute Gasteiger partial charge is 0.119 e. The molecule has 6 rings (SSSR count). The topological polar surface area (TPSA) is 28.3 Å². The molecule has 2 heterocycles. The minimum atomic E-state index is 0.142. The summed E-state index contributed by atoms with van der Waals surface area (Å²) in [6.45, 7) is 5.50. The van der Waals surface area contributed by atoms with Crippen molar-refractivity contribution in [3.63, 3.8) is 0 Å². The van der Waals surface area contributed by atoms with Gasteiger partial charge in [0.1, 0.15) is 5.75 Å². The van der Waals surface area contributed by atoms with E-state index in [1.807, 2.05) is 0 Å². The molecule has 2 atom stereocenters. The van der Waals surface area contributed by atoms with Gasteiger partial charge in [-0.1, -0.05) is 60.7 Å². The maximum Gasteiger partial charge on any atom is 0.119 e. The van der Waals surface area contributed by atoms with Crippen LogP contribution >= 0.6 is 0 Å². The summed E-state index contributed by atoms with van der Waals surface area (Å²) in [5, 5.41) is 1.42. The number of aryl methyl sites for hydroxylation is 1. The van der Waals surface area contributed by atoms with E-state index >= 15 is 0 Å². The molecule has 1 aliphatic carbocycles. The Balaban J connectivity index is 1.42. The van der Waals surface area contributed by atoms with Crippen molar-refractivity contribution >= 4 is 10.9 Å². The van der Waals surface area contributed by atoms with E-state index in [4.69, 9.17) is 4.74 Å². The number of fused-ring (bicyclic) bond motifs is 4. The number of nitrogens with zero attached hydrogens (tertiary/aromatic N) is 1. The fourth-order valence-electron chi connectivity index (χ4n) is 6.45. The lowest BCUT2D eigenvalue weighted by molar-refractivity contribution is 0.0765. The lowest BCUT2D eigenvalue weighted by Crippen LogP contribution is -2.53. The molecule has 0 spiro atoms. The zero-order valence-electron chi connectivity index (χ0n) is 19.6. The number of aromatic nitrogens is 1. The van der Waals surface area contributed by atoms with Crippen molar-refractivity contribution in [2.75, 3.05) is 20.2 Å². The summed E-state index contributed by atoms with van der Waals surface area (Å²) in [6, 6.07) is 26.5. The molecule has 0 saturated carbocycles. The van der Waals surface area contributed by atoms with E-state index in [0.717, 1.165) is 38.2 Å². The summed E-state index contributed by atoms with van der Waals surface area (Å²) in [4.78, 5) is 6.52. The van der Waals surface area contributed by atoms with Crippen LogP contribution in [0.15, 0.2) is 72.8 Å². The van der Waals surface area contributed by atoms with Crippen LogP contribution in [0.25, 0.3) is 10.9 Å². The average Bonchev–Trinajstić information content (AvgIpc) is 3.22. The van der Waals surface area contributed by atoms with Crippen LogP contribution in [-0.2, 0) is 24.8 Å². The van der Waals surface area contributed by atoms with Crippen LogP contribution in [0.5, 0.6) is 5.75 Å². The fourth-order valence-corrected chi connectivity index (χ4v) is 6.45. The first-order chi connectivity index (χ1) is 16.2. The number of para-hydroxylation sites is 1. The Bertz CT molecular complexity index is 1290. The maximum absolute atomic E-state index is 5.64. The van der Waals surface area contributed by atoms with Crippen molar-refractivity contribution in [1.29, 1.82) is 0 Å². The lowest BCUT2D eigenvalue weighted by Gasteiger charge is -2.51. The molecule has 1 unspecified atom stereocenters. The molecule has 0 radical (unpaired) electrons. The highest BCUT2D eigenvalue weighted by Crippen LogP contribution is 2.49. The van der Waals surface area contributed by atoms with E-state index in [0.29, 0.717) is 5.92 Å². The molecule has 0 amide bonds. The summed E-state index contributed by atoms with van der Waals surface area (Å²) in [6.07, 6.45) is 3.38. The quantitative estimate of drug-likeness (QED) is 0.422. The second-order valence-electron chi connectivity index (χ2n) is 10.0. The number of H-pyrrole nitrogens is 1. The number of hydrogen-bond donors (Lipinski definition) is 1. The van der Waals surface area contributed by atoms with E-state index in [-0.39, 0.29) is 5.41 Å². The highest BCUT2D eigenvalue weighted by molar-refractivity contribution is 5.87. The van der Waals surface area contributed by atoms with Gasteiger partial charge in [-0.2, -0.15) is 0 Å². The SMILES string of the molecule is COc1cccc([C@@]23CCN(Cc4ccccc4)CC2Cc2c([nH]c4c(C)cccc24)C3)c1. The van der Waals surface area contributed by atoms with Gasteiger partial charge in [-0.3, -0.25) is 4.90 Å². The molecule has 168 valence electrons. The van der Waals surface area contributed by atoms with Crippen LogP contribution in [-0.4, -0.2) is 30.1 Å². The molecule has 4 aromatic rings. The summed E-state index contributed by atoms with van der Waals surface area (Å²) < 4.78 is 5.64. The van der Waals surface area contributed by atoms with Crippen LogP contribution in [0.2, 0.25) is 0 Å². The first-order valence-electron chi connectivity index (χ1n) is 12.2. The van der Waals surface area contributed by atoms with Crippen LogP contribution < -0.4 is 4.74 Å². The summed E-state index contributed by atoms with van der Waals surface area (Å²) in [5.74, 6) is 1.54. The number of piperidine rings is 1. The Morgan fingerprint density at radius 3 is 2.73 bits per heavy atom. The minimum absolute atomic E-state index is 0.142. The maximum atomic E-state index is 5.64. The minimum Gasteiger partial charge on any atom is -0.497 e. The van der Waals surface area contributed by atoms with Crippen molar-refractivity contribution < 1.29 is 4.74 Å². The van der Waals surface area contributed by atoms with Gasteiger partial charge in [-0.15, -0.1) is 0 Å². The zero-order chi connectivity index (χ0) is 22.4. The number of likely N-dealkylation sites (tertiary alicyclic amines) is 1. The van der Waals surface area contributed by atoms with E-state index in [9.17, 15) is 0 Å². The molecule has 2 aliphatic rings. The van der Waals surface area contributed by atoms with Gasteiger partial charge in [0.25, 0.3) is 0 Å². The molecule has 1 saturated heterocycles. The molecule has 3 nitrogen and oxygen atoms in total. The normalized spacial score (nSPS) is 22.7. The second kappa shape index (κ2) is 8.07. The molecular weight excluding hydrogens is 404 g/mol. The standard InChI is InChI=1S/C30H32N2O/c1-21-8-6-13-26-27-17-24-20-32(19-22-9-4-3-5-10-22)15-14-30(24,18-28(27)31-29(21)26)23-11-7-12-25(16-23)33-2/h3-13,16,24,31H,14-15,17-20H2,1-2H3/t24?,30-/m0/s1. The Morgan fingerprint density at radius 1 is 1.03 bits per heavy atom. The van der Waals surface area contributed by atoms with Crippen molar-refractivity contribution in [1.82, 2.24) is 9.88 Å². The van der Waals surface area contributed by atoms with Crippen LogP contribution in [0, 0.1) is 12.8 Å². The van der Waals surface area contributed by atoms with Crippen molar-refractivity contribution in [3.05, 3.63) is 101 Å². The van der Waals surface area contributed by atoms with Gasteiger partial charge in [0, 0.05) is 35.1 Å². The van der Waals surface area contributed by atoms with Gasteiger partial charge in [0.2, 0.25) is 0 Å². The molecule has 33 heavy (non-hydrogen) atoms. The highest BCUT2D eigenvalue weighted by Gasteiger charge is 2.48. The van der Waals surface area contributed by atoms with Gasteiger partial charge in [-0.25, -0.2) is 0 Å². The molecule has 1 N–H and O–H groups in total. The van der Waals surface area contributed by atoms with Crippen LogP contribution in [0.4, 0.5) is 0 Å². The van der Waals surface area contributed by atoms with Crippen molar-refractivity contribution in [2.45, 2.75) is 38.1 Å². The van der Waals surface area contributed by atoms with Gasteiger partial charge >= 0.3 is 0 Å². The van der Waals surface area contributed by atoms with E-state index in [1.54, 1.807) is 12.7 Å². The second-order valence-corrected chi connectivity index (χ2v) is 10.0. The number of nitrogens with one attached hydrogen (secondary N) is 1. The summed E-state index contributed by atoms with van der Waals surface area (Å²) >= 11 is 0. The van der Waals surface area contributed by atoms with E-state index < -0.39 is 0 Å². The lowest BCUT2D eigenvalue weighted by atomic mass is 9.58. The van der Waals surface area contributed by atoms with Gasteiger partial charge < -0.3 is 9.72 Å². The first kappa shape index (κ1) is 20.6. The molecular formula is C30H32N2O. The highest BCUT2D eigenvalue weighted by atomic mass is 16.5. The number of aromatic amines is 1. The van der Waals surface area contributed by atoms with E-state index in [2.05, 4.69) is 89.6 Å². The third-order valence-corrected chi connectivity index (χ3v) is 8.21. The molecule has 3 heteroatoms. The third-order valence-electron chi connectivity index (χ3n) is 8.21. The van der Waals surface area contributed by atoms with Crippen LogP contribution in [0.1, 0.15) is 34.4 Å². The van der Waals surface area contributed by atoms with Crippen molar-refractivity contribution in [3.8, 4) is 5.75 Å². The third kappa shape index (κ3) is 3.46. The Hall–Kier alpha value is -3.04. The monoisotopic (exact) mass is 436 g/mol. The summed E-state index contributed by atoms with van der Waals surface area (Å²) in [5.41, 5.74) is 8.63. The number of benzene rings is 3. The Morgan fingerprint density at radius 2 is 1.88 bits per heavy atom. The summed E-state index contributed by atoms with van der Waals surface area (Å²) in [7, 11) is 1.77. The van der Waals surface area contributed by atoms with Gasteiger partial charge in [0.05, 0.1) is 7.11 Å². The molecule has 1 fully saturated rings. The number of methoxy groups -OCH3 is 1. The number of ether oxygens (including phenoxy) is 1. The van der Waals surface area contributed by atoms with Gasteiger partial charge in [-0.05, 0) is 73.0 Å². The predicted octanol–water partition coefficient (Wildman–Crippen LogP) is 6.04. The molecule has 0 bridgehead atoms. The fraction of sp³-hybridized carbons (Fsp3) is 0.333. The number of rotatable bonds is 4. The molecule has 3 aromatic carbocycles. The Kier molecular flexibility index (Phi) is 5.03. The largest absolute Gasteiger partial charge is 0.497 e. The van der Waals surface area contributed by atoms with Crippen LogP contribution in [0.3, 0.4) is 0 Å².